The van der Waals surface area contributed by atoms with Gasteiger partial charge in [-0.25, -0.2) is 9.97 Å². The van der Waals surface area contributed by atoms with Crippen LogP contribution in [0.4, 0.5) is 17.3 Å². The molecule has 4 rings (SSSR count). The Morgan fingerprint density at radius 2 is 1.70 bits per heavy atom. The lowest BCUT2D eigenvalue weighted by atomic mass is 10.1. The first-order valence-corrected chi connectivity index (χ1v) is 8.65. The molecular weight excluding hydrogens is 338 g/mol. The van der Waals surface area contributed by atoms with E-state index >= 15 is 0 Å². The zero-order valence-electron chi connectivity index (χ0n) is 15.1. The molecule has 0 aliphatic rings. The van der Waals surface area contributed by atoms with Crippen molar-refractivity contribution in [3.05, 3.63) is 77.7 Å². The molecule has 0 aliphatic carbocycles. The Bertz CT molecular complexity index is 1090. The molecule has 0 bridgehead atoms. The van der Waals surface area contributed by atoms with Crippen LogP contribution >= 0.6 is 0 Å². The van der Waals surface area contributed by atoms with Gasteiger partial charge >= 0.3 is 0 Å². The second-order valence-electron chi connectivity index (χ2n) is 6.38. The van der Waals surface area contributed by atoms with Crippen LogP contribution in [0.3, 0.4) is 0 Å². The Balaban J connectivity index is 1.50. The predicted octanol–water partition coefficient (Wildman–Crippen LogP) is 4.57. The van der Waals surface area contributed by atoms with Crippen LogP contribution in [0.15, 0.2) is 60.8 Å². The van der Waals surface area contributed by atoms with Gasteiger partial charge in [0.2, 0.25) is 5.95 Å². The van der Waals surface area contributed by atoms with Crippen LogP contribution in [-0.2, 0) is 0 Å². The van der Waals surface area contributed by atoms with Crippen LogP contribution in [0.25, 0.3) is 10.9 Å². The van der Waals surface area contributed by atoms with Crippen LogP contribution in [0.2, 0.25) is 0 Å². The summed E-state index contributed by atoms with van der Waals surface area (Å²) in [6.45, 7) is 3.86. The van der Waals surface area contributed by atoms with Gasteiger partial charge in [0.25, 0.3) is 5.91 Å². The van der Waals surface area contributed by atoms with Gasteiger partial charge in [-0.1, -0.05) is 6.07 Å². The van der Waals surface area contributed by atoms with Crippen LogP contribution in [0, 0.1) is 13.8 Å². The fourth-order valence-corrected chi connectivity index (χ4v) is 3.00. The summed E-state index contributed by atoms with van der Waals surface area (Å²) in [6, 6.07) is 16.9. The number of anilines is 3. The van der Waals surface area contributed by atoms with Crippen molar-refractivity contribution in [3.8, 4) is 0 Å². The number of aromatic nitrogens is 3. The molecular formula is C21H19N5O. The van der Waals surface area contributed by atoms with E-state index in [1.165, 1.54) is 0 Å². The third-order valence-corrected chi connectivity index (χ3v) is 4.23. The highest BCUT2D eigenvalue weighted by atomic mass is 16.1. The first kappa shape index (κ1) is 16.8. The number of carbonyl (C=O) groups excluding carboxylic acids is 1. The Kier molecular flexibility index (Phi) is 4.30. The SMILES string of the molecule is Cc1cc(C)nc(Nc2ccc(C(=O)Nc3cccc4[nH]ccc34)cc2)n1. The fourth-order valence-electron chi connectivity index (χ4n) is 3.00. The van der Waals surface area contributed by atoms with E-state index in [2.05, 4.69) is 25.6 Å². The van der Waals surface area contributed by atoms with Crippen molar-refractivity contribution in [2.24, 2.45) is 0 Å². The zero-order chi connectivity index (χ0) is 18.8. The van der Waals surface area contributed by atoms with Gasteiger partial charge in [-0.05, 0) is 62.4 Å². The van der Waals surface area contributed by atoms with E-state index in [-0.39, 0.29) is 5.91 Å². The highest BCUT2D eigenvalue weighted by Gasteiger charge is 2.09. The minimum Gasteiger partial charge on any atom is -0.361 e. The van der Waals surface area contributed by atoms with Crippen molar-refractivity contribution in [3.63, 3.8) is 0 Å². The highest BCUT2D eigenvalue weighted by Crippen LogP contribution is 2.23. The second-order valence-corrected chi connectivity index (χ2v) is 6.38. The quantitative estimate of drug-likeness (QED) is 0.500. The molecule has 0 aliphatic heterocycles. The highest BCUT2D eigenvalue weighted by molar-refractivity contribution is 6.08. The number of rotatable bonds is 4. The molecule has 2 aromatic carbocycles. The van der Waals surface area contributed by atoms with Gasteiger partial charge in [0.05, 0.1) is 5.69 Å². The normalized spacial score (nSPS) is 10.7. The summed E-state index contributed by atoms with van der Waals surface area (Å²) in [4.78, 5) is 24.4. The molecule has 0 unspecified atom stereocenters. The standard InChI is InChI=1S/C21H19N5O/c1-13-12-14(2)24-21(23-13)25-16-8-6-15(7-9-16)20(27)26-19-5-3-4-18-17(19)10-11-22-18/h3-12,22H,1-2H3,(H,26,27)(H,23,24,25). The second kappa shape index (κ2) is 6.92. The topological polar surface area (TPSA) is 82.7 Å². The summed E-state index contributed by atoms with van der Waals surface area (Å²) >= 11 is 0. The zero-order valence-corrected chi connectivity index (χ0v) is 15.1. The van der Waals surface area contributed by atoms with Gasteiger partial charge in [0, 0.05) is 39.7 Å². The number of nitrogens with one attached hydrogen (secondary N) is 3. The van der Waals surface area contributed by atoms with Crippen LogP contribution in [-0.4, -0.2) is 20.9 Å². The largest absolute Gasteiger partial charge is 0.361 e. The van der Waals surface area contributed by atoms with Crippen molar-refractivity contribution < 1.29 is 4.79 Å². The maximum Gasteiger partial charge on any atom is 0.255 e. The van der Waals surface area contributed by atoms with Crippen LogP contribution < -0.4 is 10.6 Å². The van der Waals surface area contributed by atoms with Crippen molar-refractivity contribution in [2.45, 2.75) is 13.8 Å². The molecule has 1 amide bonds. The number of H-pyrrole nitrogens is 1. The molecule has 2 heterocycles. The molecule has 27 heavy (non-hydrogen) atoms. The molecule has 0 saturated heterocycles. The Hall–Kier alpha value is -3.67. The monoisotopic (exact) mass is 357 g/mol. The van der Waals surface area contributed by atoms with Crippen molar-refractivity contribution in [2.75, 3.05) is 10.6 Å². The van der Waals surface area contributed by atoms with E-state index in [4.69, 9.17) is 0 Å². The van der Waals surface area contributed by atoms with Crippen molar-refractivity contribution >= 4 is 34.1 Å². The van der Waals surface area contributed by atoms with Gasteiger partial charge in [-0.2, -0.15) is 0 Å². The van der Waals surface area contributed by atoms with Crippen LogP contribution in [0.5, 0.6) is 0 Å². The molecule has 0 radical (unpaired) electrons. The number of nitrogens with zero attached hydrogens (tertiary/aromatic N) is 2. The number of carbonyl (C=O) groups is 1. The molecule has 134 valence electrons. The number of amides is 1. The molecule has 0 fully saturated rings. The Morgan fingerprint density at radius 3 is 2.44 bits per heavy atom. The molecule has 6 heteroatoms. The number of aromatic amines is 1. The number of aryl methyl sites for hydroxylation is 2. The minimum atomic E-state index is -0.155. The van der Waals surface area contributed by atoms with E-state index < -0.39 is 0 Å². The summed E-state index contributed by atoms with van der Waals surface area (Å²) < 4.78 is 0. The molecule has 0 atom stereocenters. The number of fused-ring (bicyclic) bond motifs is 1. The third-order valence-electron chi connectivity index (χ3n) is 4.23. The average Bonchev–Trinajstić information content (AvgIpc) is 3.11. The lowest BCUT2D eigenvalue weighted by Gasteiger charge is -2.09. The first-order chi connectivity index (χ1) is 13.1. The summed E-state index contributed by atoms with van der Waals surface area (Å²) in [7, 11) is 0. The smallest absolute Gasteiger partial charge is 0.255 e. The van der Waals surface area contributed by atoms with Gasteiger partial charge in [0.1, 0.15) is 0 Å². The summed E-state index contributed by atoms with van der Waals surface area (Å²) in [5, 5.41) is 7.11. The van der Waals surface area contributed by atoms with Gasteiger partial charge in [0.15, 0.2) is 0 Å². The van der Waals surface area contributed by atoms with Crippen molar-refractivity contribution in [1.82, 2.24) is 15.0 Å². The van der Waals surface area contributed by atoms with E-state index in [1.807, 2.05) is 62.5 Å². The summed E-state index contributed by atoms with van der Waals surface area (Å²) in [5.41, 5.74) is 4.98. The molecule has 0 saturated carbocycles. The minimum absolute atomic E-state index is 0.155. The molecule has 6 nitrogen and oxygen atoms in total. The number of hydrogen-bond donors (Lipinski definition) is 3. The van der Waals surface area contributed by atoms with Gasteiger partial charge in [-0.15, -0.1) is 0 Å². The number of benzene rings is 2. The maximum atomic E-state index is 12.6. The molecule has 3 N–H and O–H groups in total. The molecule has 2 aromatic heterocycles. The van der Waals surface area contributed by atoms with Gasteiger partial charge < -0.3 is 15.6 Å². The van der Waals surface area contributed by atoms with E-state index in [0.717, 1.165) is 33.7 Å². The first-order valence-electron chi connectivity index (χ1n) is 8.65. The molecule has 0 spiro atoms. The fraction of sp³-hybridized carbons (Fsp3) is 0.0952. The summed E-state index contributed by atoms with van der Waals surface area (Å²) in [6.07, 6.45) is 1.86. The predicted molar refractivity (Wildman–Crippen MR) is 107 cm³/mol. The Labute approximate surface area is 156 Å². The maximum absolute atomic E-state index is 12.6. The van der Waals surface area contributed by atoms with Gasteiger partial charge in [-0.3, -0.25) is 4.79 Å². The Morgan fingerprint density at radius 1 is 0.963 bits per heavy atom. The lowest BCUT2D eigenvalue weighted by molar-refractivity contribution is 0.102. The third kappa shape index (κ3) is 3.64. The van der Waals surface area contributed by atoms with E-state index in [9.17, 15) is 4.79 Å². The number of hydrogen-bond acceptors (Lipinski definition) is 4. The van der Waals surface area contributed by atoms with Crippen molar-refractivity contribution in [1.29, 1.82) is 0 Å². The van der Waals surface area contributed by atoms with Crippen LogP contribution in [0.1, 0.15) is 21.7 Å². The van der Waals surface area contributed by atoms with E-state index in [1.54, 1.807) is 12.1 Å². The molecule has 4 aromatic rings. The lowest BCUT2D eigenvalue weighted by Crippen LogP contribution is -2.12. The van der Waals surface area contributed by atoms with E-state index in [0.29, 0.717) is 11.5 Å². The average molecular weight is 357 g/mol. The summed E-state index contributed by atoms with van der Waals surface area (Å²) in [5.74, 6) is 0.390.